The minimum atomic E-state index is -4.80. The smallest absolute Gasteiger partial charge is 0.313 e. The fourth-order valence-electron chi connectivity index (χ4n) is 4.98. The third-order valence-electron chi connectivity index (χ3n) is 7.47. The standard InChI is InChI=1S/C31H62NO8P/c1-6-7-8-9-10-11-12-13-14-15-16-17-18-19-20-21-23-38-27-30(40-31(34)25-28(2)33)26-29(32(3,4)5)22-24-39-41(35,36)37/h29-30H,6-27H2,1-5H3,(H-,35,36,37). The molecule has 0 saturated carbocycles. The van der Waals surface area contributed by atoms with Crippen molar-refractivity contribution in [3.63, 3.8) is 0 Å². The number of phosphoric ester groups is 1. The third kappa shape index (κ3) is 27.7. The molecule has 0 aromatic carbocycles. The van der Waals surface area contributed by atoms with E-state index in [1.54, 1.807) is 0 Å². The molecule has 41 heavy (non-hydrogen) atoms. The summed E-state index contributed by atoms with van der Waals surface area (Å²) in [6.07, 6.45) is 20.8. The molecule has 9 nitrogen and oxygen atoms in total. The second kappa shape index (κ2) is 24.6. The normalized spacial score (nSPS) is 14.9. The van der Waals surface area contributed by atoms with Crippen LogP contribution in [0.3, 0.4) is 0 Å². The Bertz CT molecular complexity index is 707. The van der Waals surface area contributed by atoms with Gasteiger partial charge in [-0.3, -0.25) is 14.2 Å². The third-order valence-corrected chi connectivity index (χ3v) is 7.98. The fourth-order valence-corrected chi connectivity index (χ4v) is 5.31. The summed E-state index contributed by atoms with van der Waals surface area (Å²) < 4.78 is 27.4. The van der Waals surface area contributed by atoms with Gasteiger partial charge in [0.1, 0.15) is 18.3 Å². The highest BCUT2D eigenvalue weighted by molar-refractivity contribution is 7.44. The average molecular weight is 608 g/mol. The van der Waals surface area contributed by atoms with Crippen LogP contribution in [0.4, 0.5) is 0 Å². The summed E-state index contributed by atoms with van der Waals surface area (Å²) in [5.41, 5.74) is 0. The monoisotopic (exact) mass is 607 g/mol. The van der Waals surface area contributed by atoms with Crippen molar-refractivity contribution in [3.05, 3.63) is 0 Å². The SMILES string of the molecule is CCCCCCCCCCCCCCCCCCOCC(CC(CCOP(=O)([O-])O)[N+](C)(C)C)OC(=O)CC(C)=O. The van der Waals surface area contributed by atoms with Crippen molar-refractivity contribution < 1.29 is 42.4 Å². The van der Waals surface area contributed by atoms with Crippen molar-refractivity contribution in [3.8, 4) is 0 Å². The number of quaternary nitrogens is 1. The number of ether oxygens (including phenoxy) is 2. The van der Waals surface area contributed by atoms with E-state index in [0.717, 1.165) is 12.8 Å². The van der Waals surface area contributed by atoms with E-state index < -0.39 is 19.9 Å². The van der Waals surface area contributed by atoms with Crippen molar-refractivity contribution in [2.24, 2.45) is 0 Å². The largest absolute Gasteiger partial charge is 0.756 e. The van der Waals surface area contributed by atoms with Gasteiger partial charge in [-0.25, -0.2) is 0 Å². The number of carbonyl (C=O) groups is 2. The zero-order chi connectivity index (χ0) is 31.0. The Kier molecular flexibility index (Phi) is 24.1. The van der Waals surface area contributed by atoms with Crippen LogP contribution >= 0.6 is 7.82 Å². The van der Waals surface area contributed by atoms with Gasteiger partial charge in [0.15, 0.2) is 0 Å². The van der Waals surface area contributed by atoms with Crippen LogP contribution in [0.5, 0.6) is 0 Å². The van der Waals surface area contributed by atoms with Gasteiger partial charge in [0.05, 0.1) is 40.4 Å². The molecule has 0 aliphatic carbocycles. The summed E-state index contributed by atoms with van der Waals surface area (Å²) in [6.45, 7) is 4.21. The lowest BCUT2D eigenvalue weighted by Gasteiger charge is -2.36. The van der Waals surface area contributed by atoms with Crippen LogP contribution in [-0.4, -0.2) is 74.2 Å². The van der Waals surface area contributed by atoms with Crippen LogP contribution in [-0.2, 0) is 28.2 Å². The quantitative estimate of drug-likeness (QED) is 0.0337. The number of hydrogen-bond donors (Lipinski definition) is 1. The number of nitrogens with zero attached hydrogens (tertiary/aromatic N) is 1. The molecule has 0 aromatic heterocycles. The number of phosphoric acid groups is 1. The maximum Gasteiger partial charge on any atom is 0.313 e. The van der Waals surface area contributed by atoms with Gasteiger partial charge in [0, 0.05) is 19.4 Å². The van der Waals surface area contributed by atoms with Crippen LogP contribution in [0, 0.1) is 0 Å². The summed E-state index contributed by atoms with van der Waals surface area (Å²) in [5, 5.41) is 0. The number of rotatable bonds is 29. The predicted octanol–water partition coefficient (Wildman–Crippen LogP) is 6.49. The van der Waals surface area contributed by atoms with E-state index in [2.05, 4.69) is 11.4 Å². The van der Waals surface area contributed by atoms with E-state index in [4.69, 9.17) is 14.4 Å². The van der Waals surface area contributed by atoms with Gasteiger partial charge in [-0.05, 0) is 13.3 Å². The Morgan fingerprint density at radius 1 is 0.805 bits per heavy atom. The molecule has 0 amide bonds. The van der Waals surface area contributed by atoms with Crippen LogP contribution < -0.4 is 4.89 Å². The summed E-state index contributed by atoms with van der Waals surface area (Å²) in [5.74, 6) is -0.863. The first-order valence-corrected chi connectivity index (χ1v) is 17.6. The summed E-state index contributed by atoms with van der Waals surface area (Å²) in [6, 6.07) is -0.129. The molecule has 244 valence electrons. The van der Waals surface area contributed by atoms with Gasteiger partial charge >= 0.3 is 5.97 Å². The van der Waals surface area contributed by atoms with Gasteiger partial charge in [0.2, 0.25) is 0 Å². The molecule has 0 radical (unpaired) electrons. The van der Waals surface area contributed by atoms with Gasteiger partial charge in [-0.15, -0.1) is 0 Å². The lowest BCUT2D eigenvalue weighted by Crippen LogP contribution is -2.48. The van der Waals surface area contributed by atoms with Gasteiger partial charge in [-0.1, -0.05) is 103 Å². The number of ketones is 1. The van der Waals surface area contributed by atoms with E-state index in [1.807, 2.05) is 21.1 Å². The van der Waals surface area contributed by atoms with Gasteiger partial charge in [-0.2, -0.15) is 0 Å². The first-order valence-electron chi connectivity index (χ1n) is 16.1. The molecule has 0 aliphatic heterocycles. The highest BCUT2D eigenvalue weighted by Gasteiger charge is 2.30. The van der Waals surface area contributed by atoms with Crippen LogP contribution in [0.15, 0.2) is 0 Å². The minimum Gasteiger partial charge on any atom is -0.756 e. The predicted molar refractivity (Wildman–Crippen MR) is 162 cm³/mol. The number of unbranched alkanes of at least 4 members (excludes halogenated alkanes) is 15. The van der Waals surface area contributed by atoms with Gasteiger partial charge in [0.25, 0.3) is 7.82 Å². The zero-order valence-electron chi connectivity index (χ0n) is 26.9. The number of hydrogen-bond acceptors (Lipinski definition) is 7. The molecule has 0 rings (SSSR count). The van der Waals surface area contributed by atoms with E-state index in [0.29, 0.717) is 23.9 Å². The molecule has 0 bridgehead atoms. The maximum absolute atomic E-state index is 12.2. The van der Waals surface area contributed by atoms with Crippen LogP contribution in [0.1, 0.15) is 136 Å². The van der Waals surface area contributed by atoms with Crippen molar-refractivity contribution in [2.75, 3.05) is 41.0 Å². The van der Waals surface area contributed by atoms with E-state index in [1.165, 1.54) is 96.8 Å². The first-order chi connectivity index (χ1) is 19.3. The lowest BCUT2D eigenvalue weighted by molar-refractivity contribution is -0.897. The average Bonchev–Trinajstić information content (AvgIpc) is 2.85. The van der Waals surface area contributed by atoms with Crippen molar-refractivity contribution in [1.82, 2.24) is 0 Å². The number of esters is 1. The summed E-state index contributed by atoms with van der Waals surface area (Å²) in [7, 11) is 1.05. The Balaban J connectivity index is 4.20. The molecule has 0 saturated heterocycles. The van der Waals surface area contributed by atoms with Gasteiger partial charge < -0.3 is 28.3 Å². The first kappa shape index (κ1) is 40.2. The second-order valence-electron chi connectivity index (χ2n) is 12.5. The number of Topliss-reactive ketones (excluding diaryl/α,β-unsaturated/α-hetero) is 1. The maximum atomic E-state index is 12.2. The Hall–Kier alpha value is -0.830. The molecule has 10 heteroatoms. The molecule has 1 N–H and O–H groups in total. The Labute approximate surface area is 250 Å². The molecule has 0 spiro atoms. The molecule has 0 fully saturated rings. The highest BCUT2D eigenvalue weighted by atomic mass is 31.2. The zero-order valence-corrected chi connectivity index (χ0v) is 27.8. The second-order valence-corrected chi connectivity index (χ2v) is 13.7. The topological polar surface area (TPSA) is 122 Å². The fraction of sp³-hybridized carbons (Fsp3) is 0.935. The number of carbonyl (C=O) groups excluding carboxylic acids is 2. The van der Waals surface area contributed by atoms with E-state index in [9.17, 15) is 19.0 Å². The van der Waals surface area contributed by atoms with Crippen molar-refractivity contribution in [2.45, 2.75) is 148 Å². The Morgan fingerprint density at radius 2 is 1.27 bits per heavy atom. The molecule has 3 unspecified atom stereocenters. The summed E-state index contributed by atoms with van der Waals surface area (Å²) >= 11 is 0. The van der Waals surface area contributed by atoms with E-state index in [-0.39, 0.29) is 31.5 Å². The van der Waals surface area contributed by atoms with E-state index >= 15 is 0 Å². The van der Waals surface area contributed by atoms with Crippen molar-refractivity contribution in [1.29, 1.82) is 0 Å². The highest BCUT2D eigenvalue weighted by Crippen LogP contribution is 2.31. The Morgan fingerprint density at radius 3 is 1.68 bits per heavy atom. The molecule has 0 heterocycles. The summed E-state index contributed by atoms with van der Waals surface area (Å²) in [4.78, 5) is 43.4. The van der Waals surface area contributed by atoms with Crippen molar-refractivity contribution >= 4 is 19.6 Å². The molecular formula is C31H62NO8P. The molecule has 0 aromatic rings. The molecular weight excluding hydrogens is 545 g/mol. The molecule has 0 aliphatic rings. The molecule has 3 atom stereocenters. The minimum absolute atomic E-state index is 0.129. The van der Waals surface area contributed by atoms with Crippen LogP contribution in [0.2, 0.25) is 0 Å². The van der Waals surface area contributed by atoms with Crippen LogP contribution in [0.25, 0.3) is 0 Å². The lowest BCUT2D eigenvalue weighted by atomic mass is 10.0.